The average molecular weight is 259 g/mol. The molecule has 0 radical (unpaired) electrons. The van der Waals surface area contributed by atoms with Crippen LogP contribution in [0.5, 0.6) is 17.5 Å². The highest BCUT2D eigenvalue weighted by molar-refractivity contribution is 5.49. The predicted octanol–water partition coefficient (Wildman–Crippen LogP) is 2.95. The molecule has 0 aliphatic heterocycles. The van der Waals surface area contributed by atoms with Crippen molar-refractivity contribution >= 4 is 5.69 Å². The van der Waals surface area contributed by atoms with Crippen molar-refractivity contribution < 1.29 is 9.47 Å². The number of nitrogens with two attached hydrogens (primary N) is 1. The van der Waals surface area contributed by atoms with Crippen LogP contribution in [-0.4, -0.2) is 16.1 Å². The minimum Gasteiger partial charge on any atom is -0.473 e. The van der Waals surface area contributed by atoms with Gasteiger partial charge in [0.1, 0.15) is 0 Å². The zero-order valence-corrected chi connectivity index (χ0v) is 11.3. The van der Waals surface area contributed by atoms with Crippen molar-refractivity contribution in [2.45, 2.75) is 26.9 Å². The molecule has 0 fully saturated rings. The number of anilines is 1. The number of aryl methyl sites for hydroxylation is 1. The Bertz CT molecular complexity index is 570. The second kappa shape index (κ2) is 5.56. The van der Waals surface area contributed by atoms with Gasteiger partial charge in [-0.2, -0.15) is 4.98 Å². The van der Waals surface area contributed by atoms with E-state index in [1.165, 1.54) is 0 Å². The van der Waals surface area contributed by atoms with Crippen LogP contribution in [0, 0.1) is 6.92 Å². The van der Waals surface area contributed by atoms with Gasteiger partial charge in [-0.25, -0.2) is 0 Å². The quantitative estimate of drug-likeness (QED) is 0.914. The van der Waals surface area contributed by atoms with E-state index in [-0.39, 0.29) is 6.10 Å². The van der Waals surface area contributed by atoms with E-state index in [1.54, 1.807) is 18.3 Å². The van der Waals surface area contributed by atoms with Crippen molar-refractivity contribution in [1.82, 2.24) is 9.97 Å². The Labute approximate surface area is 112 Å². The molecule has 0 atom stereocenters. The van der Waals surface area contributed by atoms with Crippen LogP contribution in [0.1, 0.15) is 19.5 Å². The largest absolute Gasteiger partial charge is 0.473 e. The zero-order chi connectivity index (χ0) is 13.8. The third-order valence-corrected chi connectivity index (χ3v) is 2.38. The summed E-state index contributed by atoms with van der Waals surface area (Å²) in [6.07, 6.45) is 1.72. The van der Waals surface area contributed by atoms with Gasteiger partial charge in [-0.1, -0.05) is 0 Å². The van der Waals surface area contributed by atoms with Crippen LogP contribution in [0.25, 0.3) is 0 Å². The first kappa shape index (κ1) is 13.1. The van der Waals surface area contributed by atoms with Crippen molar-refractivity contribution in [2.24, 2.45) is 0 Å². The number of nitrogens with zero attached hydrogens (tertiary/aromatic N) is 2. The van der Waals surface area contributed by atoms with E-state index in [4.69, 9.17) is 15.2 Å². The Hall–Kier alpha value is -2.30. The molecule has 0 bridgehead atoms. The van der Waals surface area contributed by atoms with Gasteiger partial charge in [-0.05, 0) is 39.0 Å². The van der Waals surface area contributed by atoms with Gasteiger partial charge in [0.05, 0.1) is 17.5 Å². The predicted molar refractivity (Wildman–Crippen MR) is 73.5 cm³/mol. The molecule has 0 saturated carbocycles. The molecular weight excluding hydrogens is 242 g/mol. The Balaban J connectivity index is 2.24. The molecule has 2 aromatic heterocycles. The van der Waals surface area contributed by atoms with Gasteiger partial charge in [0.25, 0.3) is 0 Å². The fourth-order valence-corrected chi connectivity index (χ4v) is 1.50. The van der Waals surface area contributed by atoms with Crippen molar-refractivity contribution in [1.29, 1.82) is 0 Å². The third kappa shape index (κ3) is 3.34. The minimum atomic E-state index is 0.00479. The van der Waals surface area contributed by atoms with Crippen molar-refractivity contribution in [3.8, 4) is 17.5 Å². The van der Waals surface area contributed by atoms with E-state index in [0.29, 0.717) is 23.2 Å². The maximum Gasteiger partial charge on any atom is 0.240 e. The first-order valence-corrected chi connectivity index (χ1v) is 6.09. The standard InChI is InChI=1S/C14H17N3O2/c1-9(2)18-14-11(15)6-7-13(17-14)19-12-5-4-8-16-10(12)3/h4-9H,15H2,1-3H3. The smallest absolute Gasteiger partial charge is 0.240 e. The van der Waals surface area contributed by atoms with Gasteiger partial charge in [0.2, 0.25) is 11.8 Å². The molecule has 0 aliphatic rings. The lowest BCUT2D eigenvalue weighted by Gasteiger charge is -2.12. The van der Waals surface area contributed by atoms with Gasteiger partial charge >= 0.3 is 0 Å². The van der Waals surface area contributed by atoms with Gasteiger partial charge < -0.3 is 15.2 Å². The van der Waals surface area contributed by atoms with Crippen molar-refractivity contribution in [3.63, 3.8) is 0 Å². The summed E-state index contributed by atoms with van der Waals surface area (Å²) in [6.45, 7) is 5.71. The first-order valence-electron chi connectivity index (χ1n) is 6.09. The minimum absolute atomic E-state index is 0.00479. The van der Waals surface area contributed by atoms with Crippen molar-refractivity contribution in [2.75, 3.05) is 5.73 Å². The number of ether oxygens (including phenoxy) is 2. The van der Waals surface area contributed by atoms with E-state index in [0.717, 1.165) is 5.69 Å². The van der Waals surface area contributed by atoms with Crippen LogP contribution >= 0.6 is 0 Å². The Morgan fingerprint density at radius 3 is 2.68 bits per heavy atom. The summed E-state index contributed by atoms with van der Waals surface area (Å²) in [7, 11) is 0. The molecule has 19 heavy (non-hydrogen) atoms. The van der Waals surface area contributed by atoms with E-state index in [2.05, 4.69) is 9.97 Å². The van der Waals surface area contributed by atoms with Crippen molar-refractivity contribution in [3.05, 3.63) is 36.2 Å². The molecule has 0 saturated heterocycles. The second-order valence-corrected chi connectivity index (χ2v) is 4.40. The number of nitrogen functional groups attached to an aromatic ring is 1. The molecule has 0 amide bonds. The molecule has 2 aromatic rings. The number of aromatic nitrogens is 2. The number of hydrogen-bond acceptors (Lipinski definition) is 5. The Kier molecular flexibility index (Phi) is 3.85. The summed E-state index contributed by atoms with van der Waals surface area (Å²) in [5, 5.41) is 0. The van der Waals surface area contributed by atoms with Crippen LogP contribution in [-0.2, 0) is 0 Å². The first-order chi connectivity index (χ1) is 9.06. The Morgan fingerprint density at radius 1 is 1.21 bits per heavy atom. The highest BCUT2D eigenvalue weighted by Crippen LogP contribution is 2.27. The molecule has 5 nitrogen and oxygen atoms in total. The lowest BCUT2D eigenvalue weighted by molar-refractivity contribution is 0.232. The molecule has 100 valence electrons. The van der Waals surface area contributed by atoms with Gasteiger partial charge in [-0.15, -0.1) is 0 Å². The van der Waals surface area contributed by atoms with E-state index < -0.39 is 0 Å². The summed E-state index contributed by atoms with van der Waals surface area (Å²) in [5.74, 6) is 1.48. The molecule has 2 N–H and O–H groups in total. The molecule has 2 heterocycles. The molecule has 0 unspecified atom stereocenters. The third-order valence-electron chi connectivity index (χ3n) is 2.38. The topological polar surface area (TPSA) is 70.3 Å². The summed E-state index contributed by atoms with van der Waals surface area (Å²) >= 11 is 0. The van der Waals surface area contributed by atoms with E-state index >= 15 is 0 Å². The summed E-state index contributed by atoms with van der Waals surface area (Å²) < 4.78 is 11.2. The monoisotopic (exact) mass is 259 g/mol. The molecule has 2 rings (SSSR count). The highest BCUT2D eigenvalue weighted by atomic mass is 16.5. The molecular formula is C14H17N3O2. The van der Waals surface area contributed by atoms with Crippen LogP contribution in [0.4, 0.5) is 5.69 Å². The Morgan fingerprint density at radius 2 is 2.00 bits per heavy atom. The number of hydrogen-bond donors (Lipinski definition) is 1. The maximum atomic E-state index is 5.81. The summed E-state index contributed by atoms with van der Waals surface area (Å²) in [6, 6.07) is 7.06. The van der Waals surface area contributed by atoms with Gasteiger partial charge in [0, 0.05) is 12.3 Å². The van der Waals surface area contributed by atoms with Gasteiger partial charge in [0.15, 0.2) is 5.75 Å². The van der Waals surface area contributed by atoms with Crippen LogP contribution in [0.3, 0.4) is 0 Å². The molecule has 5 heteroatoms. The van der Waals surface area contributed by atoms with E-state index in [9.17, 15) is 0 Å². The highest BCUT2D eigenvalue weighted by Gasteiger charge is 2.09. The average Bonchev–Trinajstić information content (AvgIpc) is 2.35. The number of rotatable bonds is 4. The van der Waals surface area contributed by atoms with Crippen LogP contribution < -0.4 is 15.2 Å². The fraction of sp³-hybridized carbons (Fsp3) is 0.286. The maximum absolute atomic E-state index is 5.81. The molecule has 0 aliphatic carbocycles. The molecule has 0 aromatic carbocycles. The van der Waals surface area contributed by atoms with E-state index in [1.807, 2.05) is 32.9 Å². The summed E-state index contributed by atoms with van der Waals surface area (Å²) in [5.41, 5.74) is 7.09. The zero-order valence-electron chi connectivity index (χ0n) is 11.3. The normalized spacial score (nSPS) is 10.5. The summed E-state index contributed by atoms with van der Waals surface area (Å²) in [4.78, 5) is 8.41. The number of pyridine rings is 2. The lowest BCUT2D eigenvalue weighted by atomic mass is 10.3. The fourth-order valence-electron chi connectivity index (χ4n) is 1.50. The lowest BCUT2D eigenvalue weighted by Crippen LogP contribution is -2.09. The van der Waals surface area contributed by atoms with Crippen LogP contribution in [0.2, 0.25) is 0 Å². The van der Waals surface area contributed by atoms with Gasteiger partial charge in [-0.3, -0.25) is 4.98 Å². The SMILES string of the molecule is Cc1ncccc1Oc1ccc(N)c(OC(C)C)n1. The van der Waals surface area contributed by atoms with Crippen LogP contribution in [0.15, 0.2) is 30.5 Å². The molecule has 0 spiro atoms. The second-order valence-electron chi connectivity index (χ2n) is 4.40.